The number of nitrogens with zero attached hydrogens (tertiary/aromatic N) is 2. The fourth-order valence-corrected chi connectivity index (χ4v) is 2.97. The summed E-state index contributed by atoms with van der Waals surface area (Å²) < 4.78 is 10.5. The number of likely N-dealkylation sites (tertiary alicyclic amines) is 1. The highest BCUT2D eigenvalue weighted by molar-refractivity contribution is 5.77. The fourth-order valence-electron chi connectivity index (χ4n) is 2.97. The Hall–Kier alpha value is -1.95. The van der Waals surface area contributed by atoms with Crippen LogP contribution in [0.3, 0.4) is 0 Å². The van der Waals surface area contributed by atoms with Gasteiger partial charge in [-0.25, -0.2) is 4.99 Å². The Kier molecular flexibility index (Phi) is 7.18. The molecule has 3 N–H and O–H groups in total. The molecule has 1 heterocycles. The standard InChI is InChI=1S/C18H30N4O2/c1-22-10-7-14(8-11-22)6-9-20-18(19)21-13-15-4-5-16(23-2)17(12-15)24-3/h4-5,12,14H,6-11,13H2,1-3H3,(H3,19,20,21). The fraction of sp³-hybridized carbons (Fsp3) is 0.611. The van der Waals surface area contributed by atoms with Crippen LogP contribution in [0.1, 0.15) is 24.8 Å². The van der Waals surface area contributed by atoms with Crippen LogP contribution in [0.5, 0.6) is 11.5 Å². The van der Waals surface area contributed by atoms with Crippen molar-refractivity contribution < 1.29 is 9.47 Å². The van der Waals surface area contributed by atoms with Gasteiger partial charge >= 0.3 is 0 Å². The number of rotatable bonds is 7. The minimum absolute atomic E-state index is 0.498. The van der Waals surface area contributed by atoms with Gasteiger partial charge in [-0.1, -0.05) is 6.07 Å². The number of ether oxygens (including phenoxy) is 2. The lowest BCUT2D eigenvalue weighted by atomic mass is 9.94. The van der Waals surface area contributed by atoms with Crippen LogP contribution >= 0.6 is 0 Å². The van der Waals surface area contributed by atoms with E-state index < -0.39 is 0 Å². The summed E-state index contributed by atoms with van der Waals surface area (Å²) in [7, 11) is 5.44. The summed E-state index contributed by atoms with van der Waals surface area (Å²) in [6, 6.07) is 5.78. The second-order valence-corrected chi connectivity index (χ2v) is 6.35. The zero-order valence-corrected chi connectivity index (χ0v) is 15.0. The molecule has 1 fully saturated rings. The average molecular weight is 334 g/mol. The van der Waals surface area contributed by atoms with E-state index in [1.54, 1.807) is 14.2 Å². The van der Waals surface area contributed by atoms with Crippen molar-refractivity contribution in [2.24, 2.45) is 16.6 Å². The highest BCUT2D eigenvalue weighted by atomic mass is 16.5. The monoisotopic (exact) mass is 334 g/mol. The Morgan fingerprint density at radius 1 is 1.25 bits per heavy atom. The lowest BCUT2D eigenvalue weighted by Crippen LogP contribution is -2.35. The number of methoxy groups -OCH3 is 2. The van der Waals surface area contributed by atoms with E-state index >= 15 is 0 Å². The lowest BCUT2D eigenvalue weighted by Gasteiger charge is -2.28. The van der Waals surface area contributed by atoms with Gasteiger partial charge in [0.2, 0.25) is 0 Å². The number of piperidine rings is 1. The normalized spacial score (nSPS) is 16.9. The molecule has 1 aromatic rings. The van der Waals surface area contributed by atoms with Gasteiger partial charge in [-0.3, -0.25) is 0 Å². The van der Waals surface area contributed by atoms with Gasteiger partial charge in [0, 0.05) is 6.54 Å². The van der Waals surface area contributed by atoms with Gasteiger partial charge in [0.15, 0.2) is 17.5 Å². The van der Waals surface area contributed by atoms with Crippen LogP contribution in [-0.2, 0) is 6.54 Å². The molecule has 0 saturated carbocycles. The SMILES string of the molecule is COc1ccc(CN=C(N)NCCC2CCN(C)CC2)cc1OC. The van der Waals surface area contributed by atoms with Crippen molar-refractivity contribution in [1.29, 1.82) is 0 Å². The van der Waals surface area contributed by atoms with E-state index in [1.807, 2.05) is 18.2 Å². The number of hydrogen-bond donors (Lipinski definition) is 2. The smallest absolute Gasteiger partial charge is 0.188 e. The van der Waals surface area contributed by atoms with Crippen LogP contribution in [0.25, 0.3) is 0 Å². The van der Waals surface area contributed by atoms with Crippen molar-refractivity contribution in [3.05, 3.63) is 23.8 Å². The van der Waals surface area contributed by atoms with Gasteiger partial charge in [0.25, 0.3) is 0 Å². The molecule has 0 radical (unpaired) electrons. The molecule has 1 saturated heterocycles. The Morgan fingerprint density at radius 3 is 2.62 bits per heavy atom. The van der Waals surface area contributed by atoms with Crippen molar-refractivity contribution in [2.45, 2.75) is 25.8 Å². The number of hydrogen-bond acceptors (Lipinski definition) is 4. The number of aliphatic imine (C=N–C) groups is 1. The Bertz CT molecular complexity index is 540. The van der Waals surface area contributed by atoms with E-state index in [0.29, 0.717) is 18.3 Å². The van der Waals surface area contributed by atoms with Crippen LogP contribution in [0.4, 0.5) is 0 Å². The first-order valence-electron chi connectivity index (χ1n) is 8.55. The number of nitrogens with one attached hydrogen (secondary N) is 1. The third-order valence-corrected chi connectivity index (χ3v) is 4.58. The maximum atomic E-state index is 5.96. The summed E-state index contributed by atoms with van der Waals surface area (Å²) in [6.07, 6.45) is 3.71. The molecule has 0 unspecified atom stereocenters. The minimum atomic E-state index is 0.498. The Balaban J connectivity index is 1.75. The molecular weight excluding hydrogens is 304 g/mol. The molecule has 1 aromatic carbocycles. The summed E-state index contributed by atoms with van der Waals surface area (Å²) in [4.78, 5) is 6.79. The second-order valence-electron chi connectivity index (χ2n) is 6.35. The third-order valence-electron chi connectivity index (χ3n) is 4.58. The zero-order chi connectivity index (χ0) is 17.4. The van der Waals surface area contributed by atoms with Crippen molar-refractivity contribution >= 4 is 5.96 Å². The summed E-state index contributed by atoms with van der Waals surface area (Å²) >= 11 is 0. The van der Waals surface area contributed by atoms with Crippen LogP contribution < -0.4 is 20.5 Å². The Morgan fingerprint density at radius 2 is 1.96 bits per heavy atom. The summed E-state index contributed by atoms with van der Waals surface area (Å²) in [5, 5.41) is 3.22. The maximum Gasteiger partial charge on any atom is 0.188 e. The molecule has 0 aromatic heterocycles. The number of benzene rings is 1. The first kappa shape index (κ1) is 18.4. The van der Waals surface area contributed by atoms with Crippen LogP contribution in [0.2, 0.25) is 0 Å². The van der Waals surface area contributed by atoms with Crippen molar-refractivity contribution in [2.75, 3.05) is 40.9 Å². The maximum absolute atomic E-state index is 5.96. The van der Waals surface area contributed by atoms with Gasteiger partial charge in [0.1, 0.15) is 0 Å². The topological polar surface area (TPSA) is 72.1 Å². The van der Waals surface area contributed by atoms with Gasteiger partial charge in [-0.15, -0.1) is 0 Å². The molecule has 6 heteroatoms. The van der Waals surface area contributed by atoms with Gasteiger partial charge in [-0.05, 0) is 63.0 Å². The molecule has 1 aliphatic rings. The molecule has 0 atom stereocenters. The highest BCUT2D eigenvalue weighted by Gasteiger charge is 2.15. The molecule has 6 nitrogen and oxygen atoms in total. The minimum Gasteiger partial charge on any atom is -0.493 e. The average Bonchev–Trinajstić information content (AvgIpc) is 2.61. The van der Waals surface area contributed by atoms with E-state index in [0.717, 1.165) is 30.2 Å². The largest absolute Gasteiger partial charge is 0.493 e. The molecule has 24 heavy (non-hydrogen) atoms. The molecule has 2 rings (SSSR count). The highest BCUT2D eigenvalue weighted by Crippen LogP contribution is 2.27. The van der Waals surface area contributed by atoms with Crippen molar-refractivity contribution in [3.8, 4) is 11.5 Å². The van der Waals surface area contributed by atoms with Gasteiger partial charge in [0.05, 0.1) is 20.8 Å². The van der Waals surface area contributed by atoms with Gasteiger partial charge < -0.3 is 25.4 Å². The molecular formula is C18H30N4O2. The molecule has 0 amide bonds. The van der Waals surface area contributed by atoms with Gasteiger partial charge in [-0.2, -0.15) is 0 Å². The predicted molar refractivity (Wildman–Crippen MR) is 97.7 cm³/mol. The summed E-state index contributed by atoms with van der Waals surface area (Å²) in [6.45, 7) is 3.81. The van der Waals surface area contributed by atoms with Crippen molar-refractivity contribution in [3.63, 3.8) is 0 Å². The first-order chi connectivity index (χ1) is 11.6. The Labute approximate surface area is 145 Å². The summed E-state index contributed by atoms with van der Waals surface area (Å²) in [5.74, 6) is 2.72. The lowest BCUT2D eigenvalue weighted by molar-refractivity contribution is 0.213. The van der Waals surface area contributed by atoms with E-state index in [-0.39, 0.29) is 0 Å². The number of nitrogens with two attached hydrogens (primary N) is 1. The van der Waals surface area contributed by atoms with E-state index in [2.05, 4.69) is 22.3 Å². The zero-order valence-electron chi connectivity index (χ0n) is 15.0. The quantitative estimate of drug-likeness (QED) is 0.588. The second kappa shape index (κ2) is 9.37. The van der Waals surface area contributed by atoms with Crippen LogP contribution in [0.15, 0.2) is 23.2 Å². The summed E-state index contributed by atoms with van der Waals surface area (Å²) in [5.41, 5.74) is 7.00. The molecule has 0 spiro atoms. The van der Waals surface area contributed by atoms with E-state index in [9.17, 15) is 0 Å². The number of guanidine groups is 1. The molecule has 134 valence electrons. The van der Waals surface area contributed by atoms with E-state index in [4.69, 9.17) is 15.2 Å². The van der Waals surface area contributed by atoms with Crippen LogP contribution in [0, 0.1) is 5.92 Å². The van der Waals surface area contributed by atoms with Crippen molar-refractivity contribution in [1.82, 2.24) is 10.2 Å². The molecule has 1 aliphatic heterocycles. The van der Waals surface area contributed by atoms with Crippen LogP contribution in [-0.4, -0.2) is 51.8 Å². The third kappa shape index (κ3) is 5.60. The predicted octanol–water partition coefficient (Wildman–Crippen LogP) is 1.84. The first-order valence-corrected chi connectivity index (χ1v) is 8.55. The van der Waals surface area contributed by atoms with E-state index in [1.165, 1.54) is 25.9 Å². The molecule has 0 bridgehead atoms. The molecule has 0 aliphatic carbocycles.